The highest BCUT2D eigenvalue weighted by Crippen LogP contribution is 2.19. The van der Waals surface area contributed by atoms with E-state index in [1.807, 2.05) is 6.08 Å². The predicted molar refractivity (Wildman–Crippen MR) is 58.9 cm³/mol. The topological polar surface area (TPSA) is 0 Å². The van der Waals surface area contributed by atoms with Gasteiger partial charge in [-0.2, -0.15) is 0 Å². The van der Waals surface area contributed by atoms with Crippen molar-refractivity contribution in [2.24, 2.45) is 0 Å². The Labute approximate surface area is 81.3 Å². The van der Waals surface area contributed by atoms with Crippen LogP contribution in [-0.4, -0.2) is 0 Å². The second kappa shape index (κ2) is 4.27. The Kier molecular flexibility index (Phi) is 3.30. The summed E-state index contributed by atoms with van der Waals surface area (Å²) in [7, 11) is 0. The van der Waals surface area contributed by atoms with Gasteiger partial charge in [-0.25, -0.2) is 0 Å². The van der Waals surface area contributed by atoms with Crippen molar-refractivity contribution in [1.29, 1.82) is 0 Å². The monoisotopic (exact) mass is 173 g/mol. The van der Waals surface area contributed by atoms with E-state index in [0.717, 1.165) is 6.42 Å². The summed E-state index contributed by atoms with van der Waals surface area (Å²) in [6, 6.07) is 6.54. The van der Waals surface area contributed by atoms with Crippen LogP contribution in [0, 0.1) is 13.8 Å². The number of rotatable bonds is 3. The maximum absolute atomic E-state index is 4.01. The first-order valence-corrected chi connectivity index (χ1v) is 4.74. The molecule has 0 aliphatic heterocycles. The van der Waals surface area contributed by atoms with Gasteiger partial charge in [0, 0.05) is 5.92 Å². The van der Waals surface area contributed by atoms with Gasteiger partial charge in [0.05, 0.1) is 0 Å². The molecule has 0 nitrogen and oxygen atoms in total. The van der Waals surface area contributed by atoms with Gasteiger partial charge in [-0.05, 0) is 37.0 Å². The molecular weight excluding hydrogens is 156 g/mol. The molecule has 1 aromatic rings. The van der Waals surface area contributed by atoms with Crippen molar-refractivity contribution in [2.75, 3.05) is 0 Å². The molecule has 1 radical (unpaired) electrons. The SMILES string of the molecule is [CH2]C(C=C)c1ccc(CC)c(C)c1. The average Bonchev–Trinajstić information content (AvgIpc) is 2.16. The van der Waals surface area contributed by atoms with Crippen LogP contribution in [0.1, 0.15) is 29.5 Å². The smallest absolute Gasteiger partial charge is 0.00157 e. The molecule has 0 spiro atoms. The van der Waals surface area contributed by atoms with E-state index in [0.29, 0.717) is 0 Å². The zero-order valence-corrected chi connectivity index (χ0v) is 8.51. The van der Waals surface area contributed by atoms with E-state index in [1.54, 1.807) is 0 Å². The van der Waals surface area contributed by atoms with Gasteiger partial charge in [-0.1, -0.05) is 31.2 Å². The fourth-order valence-corrected chi connectivity index (χ4v) is 1.48. The van der Waals surface area contributed by atoms with Crippen LogP contribution in [0.25, 0.3) is 0 Å². The van der Waals surface area contributed by atoms with Crippen molar-refractivity contribution in [3.63, 3.8) is 0 Å². The Balaban J connectivity index is 3.02. The van der Waals surface area contributed by atoms with Crippen LogP contribution in [0.4, 0.5) is 0 Å². The zero-order valence-electron chi connectivity index (χ0n) is 8.51. The van der Waals surface area contributed by atoms with Crippen LogP contribution in [0.5, 0.6) is 0 Å². The van der Waals surface area contributed by atoms with Crippen LogP contribution >= 0.6 is 0 Å². The van der Waals surface area contributed by atoms with Gasteiger partial charge >= 0.3 is 0 Å². The minimum absolute atomic E-state index is 0.213. The number of benzene rings is 1. The largest absolute Gasteiger partial charge is 0.102 e. The third-order valence-electron chi connectivity index (χ3n) is 2.46. The summed E-state index contributed by atoms with van der Waals surface area (Å²) in [4.78, 5) is 0. The molecule has 0 heterocycles. The molecule has 0 saturated heterocycles. The van der Waals surface area contributed by atoms with E-state index in [-0.39, 0.29) is 5.92 Å². The van der Waals surface area contributed by atoms with Gasteiger partial charge < -0.3 is 0 Å². The molecule has 0 heteroatoms. The molecule has 1 atom stereocenters. The van der Waals surface area contributed by atoms with Crippen molar-refractivity contribution in [3.05, 3.63) is 54.5 Å². The summed E-state index contributed by atoms with van der Waals surface area (Å²) in [6.45, 7) is 12.1. The molecule has 0 saturated carbocycles. The average molecular weight is 173 g/mol. The summed E-state index contributed by atoms with van der Waals surface area (Å²) >= 11 is 0. The second-order valence-electron chi connectivity index (χ2n) is 3.38. The summed E-state index contributed by atoms with van der Waals surface area (Å²) in [6.07, 6.45) is 2.97. The minimum atomic E-state index is 0.213. The molecule has 0 aromatic heterocycles. The lowest BCUT2D eigenvalue weighted by Gasteiger charge is -2.09. The molecule has 0 fully saturated rings. The zero-order chi connectivity index (χ0) is 9.84. The number of hydrogen-bond donors (Lipinski definition) is 0. The molecule has 1 rings (SSSR count). The molecule has 0 aliphatic rings. The lowest BCUT2D eigenvalue weighted by atomic mass is 9.96. The van der Waals surface area contributed by atoms with E-state index >= 15 is 0 Å². The van der Waals surface area contributed by atoms with E-state index in [2.05, 4.69) is 45.5 Å². The highest BCUT2D eigenvalue weighted by molar-refractivity contribution is 5.34. The molecule has 1 unspecified atom stereocenters. The normalized spacial score (nSPS) is 12.5. The maximum Gasteiger partial charge on any atom is 0.00157 e. The summed E-state index contributed by atoms with van der Waals surface area (Å²) in [5, 5.41) is 0. The summed E-state index contributed by atoms with van der Waals surface area (Å²) in [5.41, 5.74) is 4.03. The Hall–Kier alpha value is -1.04. The Morgan fingerprint density at radius 3 is 2.62 bits per heavy atom. The summed E-state index contributed by atoms with van der Waals surface area (Å²) < 4.78 is 0. The van der Waals surface area contributed by atoms with Gasteiger partial charge in [0.25, 0.3) is 0 Å². The van der Waals surface area contributed by atoms with Gasteiger partial charge in [0.1, 0.15) is 0 Å². The second-order valence-corrected chi connectivity index (χ2v) is 3.38. The lowest BCUT2D eigenvalue weighted by Crippen LogP contribution is -1.93. The fraction of sp³-hybridized carbons (Fsp3) is 0.308. The van der Waals surface area contributed by atoms with Gasteiger partial charge in [-0.15, -0.1) is 6.58 Å². The molecule has 1 aromatic carbocycles. The van der Waals surface area contributed by atoms with Crippen molar-refractivity contribution >= 4 is 0 Å². The van der Waals surface area contributed by atoms with Crippen molar-refractivity contribution < 1.29 is 0 Å². The Morgan fingerprint density at radius 1 is 1.46 bits per heavy atom. The highest BCUT2D eigenvalue weighted by Gasteiger charge is 2.02. The van der Waals surface area contributed by atoms with E-state index in [1.165, 1.54) is 16.7 Å². The first-order valence-electron chi connectivity index (χ1n) is 4.74. The third-order valence-corrected chi connectivity index (χ3v) is 2.46. The molecule has 0 amide bonds. The van der Waals surface area contributed by atoms with Crippen molar-refractivity contribution in [2.45, 2.75) is 26.2 Å². The maximum atomic E-state index is 4.01. The summed E-state index contributed by atoms with van der Waals surface area (Å²) in [5.74, 6) is 0.213. The predicted octanol–water partition coefficient (Wildman–Crippen LogP) is 3.66. The van der Waals surface area contributed by atoms with Crippen LogP contribution < -0.4 is 0 Å². The third kappa shape index (κ3) is 2.21. The van der Waals surface area contributed by atoms with Gasteiger partial charge in [-0.3, -0.25) is 0 Å². The molecule has 0 bridgehead atoms. The highest BCUT2D eigenvalue weighted by atomic mass is 14.1. The van der Waals surface area contributed by atoms with Crippen molar-refractivity contribution in [3.8, 4) is 0 Å². The Morgan fingerprint density at radius 2 is 2.15 bits per heavy atom. The quantitative estimate of drug-likeness (QED) is 0.612. The molecular formula is C13H17. The van der Waals surface area contributed by atoms with Crippen LogP contribution in [0.2, 0.25) is 0 Å². The van der Waals surface area contributed by atoms with Gasteiger partial charge in [0.2, 0.25) is 0 Å². The first kappa shape index (κ1) is 10.0. The minimum Gasteiger partial charge on any atom is -0.102 e. The van der Waals surface area contributed by atoms with Crippen LogP contribution in [0.15, 0.2) is 30.9 Å². The molecule has 0 aliphatic carbocycles. The Bertz CT molecular complexity index is 297. The van der Waals surface area contributed by atoms with E-state index in [9.17, 15) is 0 Å². The molecule has 69 valence electrons. The van der Waals surface area contributed by atoms with Crippen LogP contribution in [-0.2, 0) is 6.42 Å². The number of allylic oxidation sites excluding steroid dienone is 1. The van der Waals surface area contributed by atoms with Crippen molar-refractivity contribution in [1.82, 2.24) is 0 Å². The fourth-order valence-electron chi connectivity index (χ4n) is 1.48. The lowest BCUT2D eigenvalue weighted by molar-refractivity contribution is 1.05. The van der Waals surface area contributed by atoms with E-state index < -0.39 is 0 Å². The van der Waals surface area contributed by atoms with E-state index in [4.69, 9.17) is 0 Å². The van der Waals surface area contributed by atoms with Gasteiger partial charge in [0.15, 0.2) is 0 Å². The number of aryl methyl sites for hydroxylation is 2. The molecule has 13 heavy (non-hydrogen) atoms. The standard InChI is InChI=1S/C13H17/c1-5-10(3)13-8-7-12(6-2)11(4)9-13/h5,7-10H,1,3,6H2,2,4H3. The first-order chi connectivity index (χ1) is 6.19. The molecule has 0 N–H and O–H groups in total. The van der Waals surface area contributed by atoms with Crippen LogP contribution in [0.3, 0.4) is 0 Å². The number of hydrogen-bond acceptors (Lipinski definition) is 0.